The van der Waals surface area contributed by atoms with E-state index in [-0.39, 0.29) is 0 Å². The van der Waals surface area contributed by atoms with E-state index >= 15 is 0 Å². The van der Waals surface area contributed by atoms with Crippen LogP contribution in [-0.4, -0.2) is 16.2 Å². The number of hydrogen-bond donors (Lipinski definition) is 1. The summed E-state index contributed by atoms with van der Waals surface area (Å²) in [5.74, 6) is 1.79. The van der Waals surface area contributed by atoms with Crippen molar-refractivity contribution in [3.63, 3.8) is 0 Å². The van der Waals surface area contributed by atoms with Crippen molar-refractivity contribution >= 4 is 0 Å². The van der Waals surface area contributed by atoms with Gasteiger partial charge in [0.25, 0.3) is 0 Å². The molecule has 1 aromatic rings. The lowest BCUT2D eigenvalue weighted by Crippen LogP contribution is -2.24. The van der Waals surface area contributed by atoms with E-state index in [2.05, 4.69) is 43.2 Å². The van der Waals surface area contributed by atoms with Crippen LogP contribution < -0.4 is 5.32 Å². The van der Waals surface area contributed by atoms with Gasteiger partial charge >= 0.3 is 0 Å². The van der Waals surface area contributed by atoms with E-state index in [4.69, 9.17) is 4.52 Å². The molecule has 0 saturated heterocycles. The van der Waals surface area contributed by atoms with Gasteiger partial charge in [0.2, 0.25) is 5.89 Å². The van der Waals surface area contributed by atoms with E-state index in [1.165, 1.54) is 0 Å². The molecule has 0 amide bonds. The van der Waals surface area contributed by atoms with Crippen LogP contribution >= 0.6 is 0 Å². The SMILES string of the molecule is CCC(C)NCc1nc(C(C)C)no1. The molecule has 1 rings (SSSR count). The Balaban J connectivity index is 2.44. The van der Waals surface area contributed by atoms with Crippen molar-refractivity contribution in [1.82, 2.24) is 15.5 Å². The van der Waals surface area contributed by atoms with Crippen LogP contribution in [0.5, 0.6) is 0 Å². The molecule has 0 aliphatic rings. The quantitative estimate of drug-likeness (QED) is 0.785. The fourth-order valence-corrected chi connectivity index (χ4v) is 0.980. The molecule has 0 radical (unpaired) electrons. The highest BCUT2D eigenvalue weighted by Gasteiger charge is 2.09. The van der Waals surface area contributed by atoms with E-state index in [0.717, 1.165) is 12.2 Å². The van der Waals surface area contributed by atoms with Gasteiger partial charge < -0.3 is 9.84 Å². The largest absolute Gasteiger partial charge is 0.338 e. The Morgan fingerprint density at radius 3 is 2.57 bits per heavy atom. The molecular weight excluding hydrogens is 178 g/mol. The summed E-state index contributed by atoms with van der Waals surface area (Å²) in [5, 5.41) is 7.20. The Bertz CT molecular complexity index is 270. The molecule has 1 heterocycles. The molecule has 1 unspecified atom stereocenters. The van der Waals surface area contributed by atoms with Gasteiger partial charge in [-0.05, 0) is 13.3 Å². The van der Waals surface area contributed by atoms with E-state index in [9.17, 15) is 0 Å². The summed E-state index contributed by atoms with van der Waals surface area (Å²) in [6.07, 6.45) is 1.10. The lowest BCUT2D eigenvalue weighted by atomic mass is 10.2. The summed E-state index contributed by atoms with van der Waals surface area (Å²) < 4.78 is 5.10. The molecule has 0 spiro atoms. The average molecular weight is 197 g/mol. The van der Waals surface area contributed by atoms with Crippen molar-refractivity contribution in [3.8, 4) is 0 Å². The van der Waals surface area contributed by atoms with Gasteiger partial charge in [-0.25, -0.2) is 0 Å². The first-order chi connectivity index (χ1) is 6.63. The monoisotopic (exact) mass is 197 g/mol. The lowest BCUT2D eigenvalue weighted by molar-refractivity contribution is 0.353. The predicted molar refractivity (Wildman–Crippen MR) is 55.0 cm³/mol. The third kappa shape index (κ3) is 3.10. The van der Waals surface area contributed by atoms with Crippen LogP contribution in [-0.2, 0) is 6.54 Å². The first-order valence-corrected chi connectivity index (χ1v) is 5.19. The van der Waals surface area contributed by atoms with Crippen molar-refractivity contribution in [2.24, 2.45) is 0 Å². The van der Waals surface area contributed by atoms with Crippen molar-refractivity contribution < 1.29 is 4.52 Å². The highest BCUT2D eigenvalue weighted by molar-refractivity contribution is 4.91. The van der Waals surface area contributed by atoms with Crippen LogP contribution in [0.4, 0.5) is 0 Å². The second-order valence-electron chi connectivity index (χ2n) is 3.89. The smallest absolute Gasteiger partial charge is 0.240 e. The highest BCUT2D eigenvalue weighted by Crippen LogP contribution is 2.09. The maximum atomic E-state index is 5.10. The fourth-order valence-electron chi connectivity index (χ4n) is 0.980. The second-order valence-corrected chi connectivity index (χ2v) is 3.89. The molecule has 0 aliphatic carbocycles. The number of aromatic nitrogens is 2. The van der Waals surface area contributed by atoms with Crippen molar-refractivity contribution in [3.05, 3.63) is 11.7 Å². The van der Waals surface area contributed by atoms with Crippen LogP contribution in [0, 0.1) is 0 Å². The zero-order valence-electron chi connectivity index (χ0n) is 9.37. The Labute approximate surface area is 85.1 Å². The Hall–Kier alpha value is -0.900. The summed E-state index contributed by atoms with van der Waals surface area (Å²) in [5.41, 5.74) is 0. The van der Waals surface area contributed by atoms with Crippen LogP contribution in [0.3, 0.4) is 0 Å². The minimum absolute atomic E-state index is 0.330. The second kappa shape index (κ2) is 5.10. The molecule has 0 saturated carbocycles. The molecule has 14 heavy (non-hydrogen) atoms. The number of rotatable bonds is 5. The molecule has 0 fully saturated rings. The maximum Gasteiger partial charge on any atom is 0.240 e. The number of nitrogens with zero attached hydrogens (tertiary/aromatic N) is 2. The molecule has 1 atom stereocenters. The van der Waals surface area contributed by atoms with Crippen molar-refractivity contribution in [2.45, 2.75) is 52.6 Å². The molecule has 1 aromatic heterocycles. The molecule has 4 heteroatoms. The standard InChI is InChI=1S/C10H19N3O/c1-5-8(4)11-6-9-12-10(7(2)3)13-14-9/h7-8,11H,5-6H2,1-4H3. The highest BCUT2D eigenvalue weighted by atomic mass is 16.5. The molecule has 80 valence electrons. The molecule has 4 nitrogen and oxygen atoms in total. The number of hydrogen-bond acceptors (Lipinski definition) is 4. The van der Waals surface area contributed by atoms with Gasteiger partial charge in [-0.3, -0.25) is 0 Å². The Kier molecular flexibility index (Phi) is 4.07. The lowest BCUT2D eigenvalue weighted by Gasteiger charge is -2.07. The van der Waals surface area contributed by atoms with Crippen LogP contribution in [0.2, 0.25) is 0 Å². The van der Waals surface area contributed by atoms with Gasteiger partial charge in [0.1, 0.15) is 0 Å². The molecule has 0 aliphatic heterocycles. The topological polar surface area (TPSA) is 51.0 Å². The Morgan fingerprint density at radius 1 is 1.36 bits per heavy atom. The summed E-state index contributed by atoms with van der Waals surface area (Å²) >= 11 is 0. The molecule has 0 bridgehead atoms. The summed E-state index contributed by atoms with van der Waals surface area (Å²) in [6.45, 7) is 9.05. The van der Waals surface area contributed by atoms with Gasteiger partial charge in [-0.1, -0.05) is 25.9 Å². The van der Waals surface area contributed by atoms with Crippen LogP contribution in [0.1, 0.15) is 51.7 Å². The van der Waals surface area contributed by atoms with Gasteiger partial charge in [0.15, 0.2) is 5.82 Å². The first-order valence-electron chi connectivity index (χ1n) is 5.19. The Morgan fingerprint density at radius 2 is 2.07 bits per heavy atom. The van der Waals surface area contributed by atoms with E-state index < -0.39 is 0 Å². The van der Waals surface area contributed by atoms with Crippen molar-refractivity contribution in [1.29, 1.82) is 0 Å². The molecular formula is C10H19N3O. The zero-order chi connectivity index (χ0) is 10.6. The van der Waals surface area contributed by atoms with E-state index in [1.54, 1.807) is 0 Å². The zero-order valence-corrected chi connectivity index (χ0v) is 9.37. The van der Waals surface area contributed by atoms with Gasteiger partial charge in [0.05, 0.1) is 6.54 Å². The summed E-state index contributed by atoms with van der Waals surface area (Å²) in [7, 11) is 0. The maximum absolute atomic E-state index is 5.10. The van der Waals surface area contributed by atoms with Crippen LogP contribution in [0.25, 0.3) is 0 Å². The fraction of sp³-hybridized carbons (Fsp3) is 0.800. The van der Waals surface area contributed by atoms with Gasteiger partial charge in [-0.2, -0.15) is 4.98 Å². The van der Waals surface area contributed by atoms with Gasteiger partial charge in [0, 0.05) is 12.0 Å². The molecule has 0 aromatic carbocycles. The van der Waals surface area contributed by atoms with E-state index in [1.807, 2.05) is 0 Å². The molecule has 1 N–H and O–H groups in total. The normalized spacial score (nSPS) is 13.5. The summed E-state index contributed by atoms with van der Waals surface area (Å²) in [4.78, 5) is 4.28. The van der Waals surface area contributed by atoms with Gasteiger partial charge in [-0.15, -0.1) is 0 Å². The van der Waals surface area contributed by atoms with Crippen LogP contribution in [0.15, 0.2) is 4.52 Å². The average Bonchev–Trinajstić information content (AvgIpc) is 2.62. The van der Waals surface area contributed by atoms with Crippen molar-refractivity contribution in [2.75, 3.05) is 0 Å². The minimum Gasteiger partial charge on any atom is -0.338 e. The predicted octanol–water partition coefficient (Wildman–Crippen LogP) is 2.08. The third-order valence-electron chi connectivity index (χ3n) is 2.21. The number of nitrogens with one attached hydrogen (secondary N) is 1. The minimum atomic E-state index is 0.330. The third-order valence-corrected chi connectivity index (χ3v) is 2.21. The van der Waals surface area contributed by atoms with E-state index in [0.29, 0.717) is 24.4 Å². The summed E-state index contributed by atoms with van der Waals surface area (Å²) in [6, 6.07) is 0.490. The first kappa shape index (κ1) is 11.2.